The second-order valence-electron chi connectivity index (χ2n) is 6.34. The van der Waals surface area contributed by atoms with Crippen LogP contribution in [0.15, 0.2) is 18.2 Å². The van der Waals surface area contributed by atoms with Crippen LogP contribution in [0.25, 0.3) is 0 Å². The molecule has 0 unspecified atom stereocenters. The summed E-state index contributed by atoms with van der Waals surface area (Å²) in [6, 6.07) is 1.76. The van der Waals surface area contributed by atoms with Crippen LogP contribution in [0.3, 0.4) is 0 Å². The van der Waals surface area contributed by atoms with Crippen molar-refractivity contribution in [1.29, 1.82) is 0 Å². The van der Waals surface area contributed by atoms with E-state index in [2.05, 4.69) is 5.32 Å². The normalized spacial score (nSPS) is 16.1. The topological polar surface area (TPSA) is 105 Å². The second kappa shape index (κ2) is 9.23. The third-order valence-corrected chi connectivity index (χ3v) is 4.54. The summed E-state index contributed by atoms with van der Waals surface area (Å²) in [4.78, 5) is 38.6. The molecule has 1 aliphatic heterocycles. The first-order valence-electron chi connectivity index (χ1n) is 9.03. The Bertz CT molecular complexity index is 781. The van der Waals surface area contributed by atoms with Crippen molar-refractivity contribution in [3.63, 3.8) is 0 Å². The molecule has 0 radical (unpaired) electrons. The first-order valence-corrected chi connectivity index (χ1v) is 9.03. The van der Waals surface area contributed by atoms with Gasteiger partial charge in [-0.2, -0.15) is 13.2 Å². The number of nitrogens with one attached hydrogen (secondary N) is 1. The van der Waals surface area contributed by atoms with Crippen LogP contribution in [0.4, 0.5) is 24.5 Å². The first-order chi connectivity index (χ1) is 13.6. The number of carbonyl (C=O) groups is 3. The van der Waals surface area contributed by atoms with E-state index in [0.29, 0.717) is 13.1 Å². The lowest BCUT2D eigenvalue weighted by Crippen LogP contribution is -2.52. The lowest BCUT2D eigenvalue weighted by molar-refractivity contribution is -0.138. The van der Waals surface area contributed by atoms with Gasteiger partial charge in [-0.25, -0.2) is 0 Å². The summed E-state index contributed by atoms with van der Waals surface area (Å²) in [5, 5.41) is 2.32. The van der Waals surface area contributed by atoms with Crippen molar-refractivity contribution in [3.05, 3.63) is 23.8 Å². The molecule has 0 spiro atoms. The monoisotopic (exact) mass is 416 g/mol. The summed E-state index contributed by atoms with van der Waals surface area (Å²) in [6.07, 6.45) is -4.77. The van der Waals surface area contributed by atoms with Crippen molar-refractivity contribution >= 4 is 29.1 Å². The number of benzene rings is 1. The number of morpholine rings is 1. The maximum absolute atomic E-state index is 13.6. The number of carbonyl (C=O) groups excluding carboxylic acids is 3. The zero-order valence-corrected chi connectivity index (χ0v) is 16.1. The van der Waals surface area contributed by atoms with Crippen molar-refractivity contribution < 1.29 is 32.3 Å². The molecule has 0 bridgehead atoms. The third kappa shape index (κ3) is 5.24. The van der Waals surface area contributed by atoms with Crippen molar-refractivity contribution in [2.24, 2.45) is 5.73 Å². The summed E-state index contributed by atoms with van der Waals surface area (Å²) in [6.45, 7) is 3.95. The van der Waals surface area contributed by atoms with Crippen molar-refractivity contribution in [2.45, 2.75) is 26.1 Å². The Morgan fingerprint density at radius 2 is 1.97 bits per heavy atom. The van der Waals surface area contributed by atoms with E-state index in [4.69, 9.17) is 10.5 Å². The maximum Gasteiger partial charge on any atom is 0.418 e. The standard InChI is InChI=1S/C18H23F3N4O4/c1-3-24(4-2)15(16(22)27)17(28)23-11-5-6-13(12(9-11)18(19,20)21)25-7-8-29-10-14(25)26/h5-6,9,15H,3-4,7-8,10H2,1-2H3,(H2,22,27)(H,23,28)/t15-/m0/s1. The molecule has 11 heteroatoms. The minimum Gasteiger partial charge on any atom is -0.370 e. The average Bonchev–Trinajstić information content (AvgIpc) is 2.65. The van der Waals surface area contributed by atoms with Crippen LogP contribution in [-0.4, -0.2) is 61.5 Å². The van der Waals surface area contributed by atoms with Crippen LogP contribution in [-0.2, 0) is 25.3 Å². The molecular formula is C18H23F3N4O4. The number of nitrogens with zero attached hydrogens (tertiary/aromatic N) is 2. The molecule has 1 atom stereocenters. The molecule has 8 nitrogen and oxygen atoms in total. The Labute approximate surface area is 165 Å². The number of ether oxygens (including phenoxy) is 1. The summed E-state index contributed by atoms with van der Waals surface area (Å²) >= 11 is 0. The van der Waals surface area contributed by atoms with Gasteiger partial charge in [0.25, 0.3) is 11.8 Å². The Morgan fingerprint density at radius 1 is 1.31 bits per heavy atom. The molecule has 1 saturated heterocycles. The van der Waals surface area contributed by atoms with Crippen LogP contribution in [0.2, 0.25) is 0 Å². The Hall–Kier alpha value is -2.66. The number of nitrogens with two attached hydrogens (primary N) is 1. The molecule has 1 aromatic rings. The number of alkyl halides is 3. The molecule has 160 valence electrons. The molecule has 0 aromatic heterocycles. The SMILES string of the molecule is CCN(CC)[C@@H](C(N)=O)C(=O)Nc1ccc(N2CCOCC2=O)c(C(F)(F)F)c1. The Balaban J connectivity index is 2.36. The second-order valence-corrected chi connectivity index (χ2v) is 6.34. The van der Waals surface area contributed by atoms with Crippen molar-refractivity contribution in [1.82, 2.24) is 4.90 Å². The number of hydrogen-bond donors (Lipinski definition) is 2. The van der Waals surface area contributed by atoms with E-state index < -0.39 is 35.5 Å². The first kappa shape index (κ1) is 22.6. The molecule has 0 saturated carbocycles. The van der Waals surface area contributed by atoms with Crippen LogP contribution < -0.4 is 16.0 Å². The molecule has 1 aliphatic rings. The number of halogens is 3. The smallest absolute Gasteiger partial charge is 0.370 e. The Morgan fingerprint density at radius 3 is 2.48 bits per heavy atom. The van der Waals surface area contributed by atoms with Gasteiger partial charge in [0.1, 0.15) is 6.61 Å². The van der Waals surface area contributed by atoms with Gasteiger partial charge in [-0.3, -0.25) is 19.3 Å². The number of rotatable bonds is 7. The van der Waals surface area contributed by atoms with E-state index >= 15 is 0 Å². The molecule has 29 heavy (non-hydrogen) atoms. The quantitative estimate of drug-likeness (QED) is 0.650. The van der Waals surface area contributed by atoms with Gasteiger partial charge in [-0.15, -0.1) is 0 Å². The molecule has 1 aromatic carbocycles. The summed E-state index contributed by atoms with van der Waals surface area (Å²) < 4.78 is 45.8. The van der Waals surface area contributed by atoms with Gasteiger partial charge < -0.3 is 20.7 Å². The van der Waals surface area contributed by atoms with Gasteiger partial charge in [0.2, 0.25) is 5.91 Å². The molecule has 2 rings (SSSR count). The number of amides is 3. The minimum absolute atomic E-state index is 0.0146. The zero-order chi connectivity index (χ0) is 21.8. The Kier molecular flexibility index (Phi) is 7.20. The van der Waals surface area contributed by atoms with Gasteiger partial charge in [0, 0.05) is 12.2 Å². The van der Waals surface area contributed by atoms with Gasteiger partial charge in [0.15, 0.2) is 6.04 Å². The number of primary amides is 1. The predicted molar refractivity (Wildman–Crippen MR) is 99.1 cm³/mol. The number of hydrogen-bond acceptors (Lipinski definition) is 5. The minimum atomic E-state index is -4.77. The van der Waals surface area contributed by atoms with Crippen LogP contribution >= 0.6 is 0 Å². The van der Waals surface area contributed by atoms with Gasteiger partial charge in [-0.05, 0) is 31.3 Å². The maximum atomic E-state index is 13.6. The highest BCUT2D eigenvalue weighted by Crippen LogP contribution is 2.38. The fourth-order valence-electron chi connectivity index (χ4n) is 3.12. The van der Waals surface area contributed by atoms with Crippen LogP contribution in [0.1, 0.15) is 19.4 Å². The molecule has 1 heterocycles. The number of anilines is 2. The molecular weight excluding hydrogens is 393 g/mol. The fourth-order valence-corrected chi connectivity index (χ4v) is 3.12. The molecule has 1 fully saturated rings. The van der Waals surface area contributed by atoms with Gasteiger partial charge >= 0.3 is 6.18 Å². The zero-order valence-electron chi connectivity index (χ0n) is 16.1. The van der Waals surface area contributed by atoms with E-state index in [-0.39, 0.29) is 31.1 Å². The molecule has 0 aliphatic carbocycles. The average molecular weight is 416 g/mol. The highest BCUT2D eigenvalue weighted by atomic mass is 19.4. The molecule has 3 N–H and O–H groups in total. The largest absolute Gasteiger partial charge is 0.418 e. The lowest BCUT2D eigenvalue weighted by Gasteiger charge is -2.30. The predicted octanol–water partition coefficient (Wildman–Crippen LogP) is 1.20. The summed E-state index contributed by atoms with van der Waals surface area (Å²) in [5.41, 5.74) is 3.74. The van der Waals surface area contributed by atoms with Crippen LogP contribution in [0, 0.1) is 0 Å². The third-order valence-electron chi connectivity index (χ3n) is 4.54. The highest BCUT2D eigenvalue weighted by Gasteiger charge is 2.37. The summed E-state index contributed by atoms with van der Waals surface area (Å²) in [7, 11) is 0. The van der Waals surface area contributed by atoms with E-state index in [0.717, 1.165) is 17.0 Å². The molecule has 3 amide bonds. The highest BCUT2D eigenvalue weighted by molar-refractivity contribution is 6.09. The fraction of sp³-hybridized carbons (Fsp3) is 0.500. The van der Waals surface area contributed by atoms with Gasteiger partial charge in [0.05, 0.1) is 17.9 Å². The van der Waals surface area contributed by atoms with Crippen molar-refractivity contribution in [2.75, 3.05) is 43.1 Å². The van der Waals surface area contributed by atoms with Crippen LogP contribution in [0.5, 0.6) is 0 Å². The lowest BCUT2D eigenvalue weighted by atomic mass is 10.1. The van der Waals surface area contributed by atoms with Gasteiger partial charge in [-0.1, -0.05) is 13.8 Å². The van der Waals surface area contributed by atoms with E-state index in [1.807, 2.05) is 0 Å². The summed E-state index contributed by atoms with van der Waals surface area (Å²) in [5.74, 6) is -2.32. The van der Waals surface area contributed by atoms with E-state index in [9.17, 15) is 27.6 Å². The van der Waals surface area contributed by atoms with E-state index in [1.54, 1.807) is 13.8 Å². The number of likely N-dealkylation sites (N-methyl/N-ethyl adjacent to an activating group) is 1. The van der Waals surface area contributed by atoms with E-state index in [1.165, 1.54) is 11.0 Å². The van der Waals surface area contributed by atoms with Crippen molar-refractivity contribution in [3.8, 4) is 0 Å².